The van der Waals surface area contributed by atoms with Gasteiger partial charge in [-0.3, -0.25) is 4.79 Å². The van der Waals surface area contributed by atoms with Crippen LogP contribution in [0.2, 0.25) is 0 Å². The van der Waals surface area contributed by atoms with Crippen LogP contribution in [0, 0.1) is 0 Å². The highest BCUT2D eigenvalue weighted by Gasteiger charge is 2.09. The average Bonchev–Trinajstić information content (AvgIpc) is 2.60. The summed E-state index contributed by atoms with van der Waals surface area (Å²) in [6.45, 7) is 6.90. The highest BCUT2D eigenvalue weighted by molar-refractivity contribution is 6.02. The zero-order valence-electron chi connectivity index (χ0n) is 15.1. The molecule has 0 aliphatic heterocycles. The first-order valence-corrected chi connectivity index (χ1v) is 8.73. The van der Waals surface area contributed by atoms with Gasteiger partial charge in [-0.1, -0.05) is 19.8 Å². The van der Waals surface area contributed by atoms with E-state index in [1.165, 1.54) is 0 Å². The number of nitrogens with one attached hydrogen (secondary N) is 2. The van der Waals surface area contributed by atoms with E-state index in [2.05, 4.69) is 27.5 Å². The fraction of sp³-hybridized carbons (Fsp3) is 0.421. The molecule has 1 aromatic heterocycles. The first-order chi connectivity index (χ1) is 12.1. The summed E-state index contributed by atoms with van der Waals surface area (Å²) in [7, 11) is 0. The van der Waals surface area contributed by atoms with Gasteiger partial charge in [0, 0.05) is 18.4 Å². The number of anilines is 2. The van der Waals surface area contributed by atoms with Crippen molar-refractivity contribution in [2.24, 2.45) is 0 Å². The third kappa shape index (κ3) is 6.41. The maximum absolute atomic E-state index is 12.3. The van der Waals surface area contributed by atoms with E-state index in [9.17, 15) is 4.79 Å². The van der Waals surface area contributed by atoms with Gasteiger partial charge in [0.2, 0.25) is 5.95 Å². The minimum Gasteiger partial charge on any atom is -0.491 e. The fourth-order valence-corrected chi connectivity index (χ4v) is 2.23. The van der Waals surface area contributed by atoms with Gasteiger partial charge in [0.15, 0.2) is 0 Å². The fourth-order valence-electron chi connectivity index (χ4n) is 2.23. The monoisotopic (exact) mass is 342 g/mol. The quantitative estimate of drug-likeness (QED) is 0.671. The molecule has 6 heteroatoms. The minimum atomic E-state index is -0.267. The molecular weight excluding hydrogens is 316 g/mol. The van der Waals surface area contributed by atoms with E-state index in [1.807, 2.05) is 26.0 Å². The van der Waals surface area contributed by atoms with E-state index in [0.29, 0.717) is 17.3 Å². The third-order valence-electron chi connectivity index (χ3n) is 3.44. The summed E-state index contributed by atoms with van der Waals surface area (Å²) >= 11 is 0. The average molecular weight is 342 g/mol. The molecule has 0 unspecified atom stereocenters. The molecule has 0 aliphatic carbocycles. The van der Waals surface area contributed by atoms with Crippen molar-refractivity contribution in [3.63, 3.8) is 0 Å². The van der Waals surface area contributed by atoms with Crippen molar-refractivity contribution >= 4 is 17.5 Å². The Bertz CT molecular complexity index is 671. The van der Waals surface area contributed by atoms with Crippen LogP contribution in [0.1, 0.15) is 50.5 Å². The van der Waals surface area contributed by atoms with Crippen LogP contribution in [0.5, 0.6) is 5.75 Å². The second-order valence-electron chi connectivity index (χ2n) is 6.04. The number of unbranched alkanes of at least 4 members (excludes halogenated alkanes) is 2. The van der Waals surface area contributed by atoms with Gasteiger partial charge in [0.1, 0.15) is 11.4 Å². The smallest absolute Gasteiger partial charge is 0.274 e. The van der Waals surface area contributed by atoms with Crippen LogP contribution >= 0.6 is 0 Å². The lowest BCUT2D eigenvalue weighted by Crippen LogP contribution is -2.15. The van der Waals surface area contributed by atoms with E-state index < -0.39 is 0 Å². The molecule has 0 spiro atoms. The first-order valence-electron chi connectivity index (χ1n) is 8.73. The summed E-state index contributed by atoms with van der Waals surface area (Å²) in [5.41, 5.74) is 1.02. The Morgan fingerprint density at radius 3 is 2.60 bits per heavy atom. The number of carbonyl (C=O) groups is 1. The van der Waals surface area contributed by atoms with E-state index in [0.717, 1.165) is 31.6 Å². The minimum absolute atomic E-state index is 0.115. The number of carbonyl (C=O) groups excluding carboxylic acids is 1. The Labute approximate surface area is 149 Å². The van der Waals surface area contributed by atoms with E-state index >= 15 is 0 Å². The predicted molar refractivity (Wildman–Crippen MR) is 100 cm³/mol. The molecule has 0 saturated heterocycles. The summed E-state index contributed by atoms with van der Waals surface area (Å²) < 4.78 is 5.59. The van der Waals surface area contributed by atoms with Crippen molar-refractivity contribution < 1.29 is 9.53 Å². The normalized spacial score (nSPS) is 10.6. The maximum Gasteiger partial charge on any atom is 0.274 e. The molecule has 0 bridgehead atoms. The van der Waals surface area contributed by atoms with Crippen molar-refractivity contribution in [1.29, 1.82) is 0 Å². The summed E-state index contributed by atoms with van der Waals surface area (Å²) in [5.74, 6) is 0.981. The molecule has 0 saturated carbocycles. The summed E-state index contributed by atoms with van der Waals surface area (Å²) in [6, 6.07) is 8.87. The molecule has 6 nitrogen and oxygen atoms in total. The zero-order chi connectivity index (χ0) is 18.1. The largest absolute Gasteiger partial charge is 0.491 e. The van der Waals surface area contributed by atoms with Gasteiger partial charge in [-0.2, -0.15) is 0 Å². The number of benzene rings is 1. The van der Waals surface area contributed by atoms with Gasteiger partial charge in [-0.15, -0.1) is 0 Å². The van der Waals surface area contributed by atoms with Gasteiger partial charge in [0.25, 0.3) is 5.91 Å². The summed E-state index contributed by atoms with van der Waals surface area (Å²) in [5, 5.41) is 5.98. The SMILES string of the molecule is CCCCCNc1nccc(C(=O)Nc2ccc(OC(C)C)cc2)n1. The molecule has 1 heterocycles. The third-order valence-corrected chi connectivity index (χ3v) is 3.44. The second-order valence-corrected chi connectivity index (χ2v) is 6.04. The van der Waals surface area contributed by atoms with Crippen LogP contribution in [-0.2, 0) is 0 Å². The number of ether oxygens (including phenoxy) is 1. The van der Waals surface area contributed by atoms with Crippen molar-refractivity contribution in [3.8, 4) is 5.75 Å². The molecule has 2 N–H and O–H groups in total. The Morgan fingerprint density at radius 2 is 1.92 bits per heavy atom. The lowest BCUT2D eigenvalue weighted by Gasteiger charge is -2.11. The van der Waals surface area contributed by atoms with Crippen molar-refractivity contribution in [1.82, 2.24) is 9.97 Å². The Hall–Kier alpha value is -2.63. The molecule has 0 atom stereocenters. The molecule has 1 aromatic carbocycles. The first kappa shape index (κ1) is 18.7. The van der Waals surface area contributed by atoms with E-state index in [1.54, 1.807) is 24.4 Å². The molecule has 134 valence electrons. The van der Waals surface area contributed by atoms with Crippen LogP contribution in [0.15, 0.2) is 36.5 Å². The zero-order valence-corrected chi connectivity index (χ0v) is 15.1. The number of hydrogen-bond acceptors (Lipinski definition) is 5. The highest BCUT2D eigenvalue weighted by atomic mass is 16.5. The Morgan fingerprint density at radius 1 is 1.16 bits per heavy atom. The molecule has 1 amide bonds. The van der Waals surface area contributed by atoms with Crippen LogP contribution < -0.4 is 15.4 Å². The maximum atomic E-state index is 12.3. The number of rotatable bonds is 9. The van der Waals surface area contributed by atoms with Crippen LogP contribution in [0.3, 0.4) is 0 Å². The second kappa shape index (κ2) is 9.61. The molecule has 2 aromatic rings. The number of nitrogens with zero attached hydrogens (tertiary/aromatic N) is 2. The number of aromatic nitrogens is 2. The molecular formula is C19H26N4O2. The number of hydrogen-bond donors (Lipinski definition) is 2. The Kier molecular flexibility index (Phi) is 7.19. The molecule has 0 radical (unpaired) electrons. The van der Waals surface area contributed by atoms with Gasteiger partial charge < -0.3 is 15.4 Å². The van der Waals surface area contributed by atoms with Gasteiger partial charge >= 0.3 is 0 Å². The molecule has 0 aliphatic rings. The summed E-state index contributed by atoms with van der Waals surface area (Å²) in [6.07, 6.45) is 5.07. The lowest BCUT2D eigenvalue weighted by molar-refractivity contribution is 0.102. The Balaban J connectivity index is 1.93. The molecule has 25 heavy (non-hydrogen) atoms. The van der Waals surface area contributed by atoms with Crippen molar-refractivity contribution in [2.75, 3.05) is 17.2 Å². The molecule has 0 fully saturated rings. The standard InChI is InChI=1S/C19H26N4O2/c1-4-5-6-12-20-19-21-13-11-17(23-19)18(24)22-15-7-9-16(10-8-15)25-14(2)3/h7-11,13-14H,4-6,12H2,1-3H3,(H,22,24)(H,20,21,23). The van der Waals surface area contributed by atoms with Crippen LogP contribution in [0.4, 0.5) is 11.6 Å². The lowest BCUT2D eigenvalue weighted by atomic mass is 10.2. The van der Waals surface area contributed by atoms with Crippen molar-refractivity contribution in [2.45, 2.75) is 46.1 Å². The molecule has 2 rings (SSSR count). The predicted octanol–water partition coefficient (Wildman–Crippen LogP) is 4.12. The van der Waals surface area contributed by atoms with Gasteiger partial charge in [-0.25, -0.2) is 9.97 Å². The highest BCUT2D eigenvalue weighted by Crippen LogP contribution is 2.17. The van der Waals surface area contributed by atoms with Crippen LogP contribution in [-0.4, -0.2) is 28.5 Å². The van der Waals surface area contributed by atoms with Crippen molar-refractivity contribution in [3.05, 3.63) is 42.2 Å². The topological polar surface area (TPSA) is 76.1 Å². The van der Waals surface area contributed by atoms with Crippen LogP contribution in [0.25, 0.3) is 0 Å². The van der Waals surface area contributed by atoms with E-state index in [-0.39, 0.29) is 12.0 Å². The van der Waals surface area contributed by atoms with E-state index in [4.69, 9.17) is 4.74 Å². The van der Waals surface area contributed by atoms with Gasteiger partial charge in [-0.05, 0) is 50.6 Å². The summed E-state index contributed by atoms with van der Waals surface area (Å²) in [4.78, 5) is 20.8. The number of amides is 1. The van der Waals surface area contributed by atoms with Gasteiger partial charge in [0.05, 0.1) is 6.10 Å².